The largest absolute Gasteiger partial charge is 0.604 e. The van der Waals surface area contributed by atoms with E-state index >= 15 is 0 Å². The number of anilines is 1. The van der Waals surface area contributed by atoms with Crippen LogP contribution in [0.15, 0.2) is 59.1 Å². The Balaban J connectivity index is 1.80. The minimum atomic E-state index is -1.36. The second kappa shape index (κ2) is 6.82. The molecule has 0 saturated heterocycles. The third-order valence-electron chi connectivity index (χ3n) is 5.05. The third-order valence-corrected chi connectivity index (χ3v) is 6.32. The van der Waals surface area contributed by atoms with Crippen molar-refractivity contribution in [3.63, 3.8) is 0 Å². The number of para-hydroxylation sites is 1. The zero-order chi connectivity index (χ0) is 18.3. The first kappa shape index (κ1) is 17.2. The van der Waals surface area contributed by atoms with E-state index in [9.17, 15) is 4.55 Å². The molecule has 0 radical (unpaired) electrons. The Hall–Kier alpha value is -2.24. The second-order valence-corrected chi connectivity index (χ2v) is 8.29. The number of hydrogen-bond acceptors (Lipinski definition) is 3. The van der Waals surface area contributed by atoms with Crippen LogP contribution in [0.2, 0.25) is 0 Å². The van der Waals surface area contributed by atoms with Gasteiger partial charge in [-0.3, -0.25) is 4.98 Å². The fraction of sp³-hybridized carbons (Fsp3) is 0.286. The zero-order valence-electron chi connectivity index (χ0n) is 15.2. The molecule has 1 aliphatic heterocycles. The van der Waals surface area contributed by atoms with Gasteiger partial charge >= 0.3 is 5.16 Å². The van der Waals surface area contributed by atoms with Gasteiger partial charge in [0.05, 0.1) is 27.9 Å². The summed E-state index contributed by atoms with van der Waals surface area (Å²) in [6.45, 7) is 8.91. The van der Waals surface area contributed by atoms with Crippen molar-refractivity contribution >= 4 is 27.9 Å². The Bertz CT molecular complexity index is 965. The summed E-state index contributed by atoms with van der Waals surface area (Å²) < 4.78 is 13.4. The van der Waals surface area contributed by atoms with E-state index in [2.05, 4.69) is 34.4 Å². The molecule has 4 rings (SSSR count). The Kier molecular flexibility index (Phi) is 4.51. The van der Waals surface area contributed by atoms with Crippen LogP contribution in [0.1, 0.15) is 24.5 Å². The molecular weight excluding hydrogens is 342 g/mol. The van der Waals surface area contributed by atoms with Gasteiger partial charge in [-0.15, -0.1) is 6.58 Å². The fourth-order valence-electron chi connectivity index (χ4n) is 3.69. The van der Waals surface area contributed by atoms with Crippen LogP contribution in [0.3, 0.4) is 0 Å². The van der Waals surface area contributed by atoms with E-state index in [-0.39, 0.29) is 0 Å². The van der Waals surface area contributed by atoms with Crippen molar-refractivity contribution in [3.8, 4) is 0 Å². The molecule has 1 aromatic heterocycles. The number of aryl methyl sites for hydroxylation is 2. The molecule has 2 heterocycles. The average molecular weight is 366 g/mol. The lowest BCUT2D eigenvalue weighted by molar-refractivity contribution is 0.567. The van der Waals surface area contributed by atoms with E-state index in [1.165, 1.54) is 5.56 Å². The van der Waals surface area contributed by atoms with Gasteiger partial charge in [-0.05, 0) is 56.0 Å². The summed E-state index contributed by atoms with van der Waals surface area (Å²) in [6.07, 6.45) is 4.02. The molecule has 0 aliphatic carbocycles. The first-order chi connectivity index (χ1) is 12.6. The van der Waals surface area contributed by atoms with Crippen molar-refractivity contribution in [2.45, 2.75) is 42.8 Å². The maximum Gasteiger partial charge on any atom is 0.327 e. The van der Waals surface area contributed by atoms with Crippen molar-refractivity contribution in [2.24, 2.45) is 0 Å². The van der Waals surface area contributed by atoms with Crippen molar-refractivity contribution in [2.75, 3.05) is 11.4 Å². The predicted molar refractivity (Wildman–Crippen MR) is 107 cm³/mol. The summed E-state index contributed by atoms with van der Waals surface area (Å²) in [5.41, 5.74) is 5.26. The first-order valence-electron chi connectivity index (χ1n) is 8.96. The lowest BCUT2D eigenvalue weighted by Gasteiger charge is -2.37. The van der Waals surface area contributed by atoms with E-state index < -0.39 is 11.2 Å². The van der Waals surface area contributed by atoms with Gasteiger partial charge in [0, 0.05) is 12.6 Å². The Morgan fingerprint density at radius 3 is 3.04 bits per heavy atom. The number of aromatic amines is 1. The first-order valence-corrected chi connectivity index (χ1v) is 10.1. The zero-order valence-corrected chi connectivity index (χ0v) is 16.0. The standard InChI is InChI=1S/C21H23N3OS/c1-4-12-24-15(3)9-10-16-6-5-7-19(20(16)24)26(25)21-22-17-11-8-14(2)13-18(17)23-21/h4-8,11,13,15H,1,9-10,12H2,2-3H3,(H,22,23). The topological polar surface area (TPSA) is 55.0 Å². The fourth-order valence-corrected chi connectivity index (χ4v) is 4.91. The SMILES string of the molecule is C=CCN1c2c(cccc2[S+]([O-])c2nc3ccc(C)cc3[nH]2)CCC1C. The second-order valence-electron chi connectivity index (χ2n) is 6.92. The van der Waals surface area contributed by atoms with Crippen molar-refractivity contribution in [3.05, 3.63) is 60.2 Å². The van der Waals surface area contributed by atoms with Gasteiger partial charge in [0.2, 0.25) is 0 Å². The molecule has 0 bridgehead atoms. The highest BCUT2D eigenvalue weighted by Gasteiger charge is 2.31. The molecule has 3 aromatic rings. The molecule has 2 atom stereocenters. The third kappa shape index (κ3) is 2.91. The molecule has 1 aliphatic rings. The summed E-state index contributed by atoms with van der Waals surface area (Å²) in [4.78, 5) is 11.0. The van der Waals surface area contributed by atoms with E-state index in [0.29, 0.717) is 11.2 Å². The summed E-state index contributed by atoms with van der Waals surface area (Å²) in [6, 6.07) is 12.5. The van der Waals surface area contributed by atoms with Crippen LogP contribution in [-0.2, 0) is 17.6 Å². The van der Waals surface area contributed by atoms with Crippen LogP contribution in [-0.4, -0.2) is 27.1 Å². The monoisotopic (exact) mass is 365 g/mol. The molecule has 1 N–H and O–H groups in total. The predicted octanol–water partition coefficient (Wildman–Crippen LogP) is 4.37. The summed E-state index contributed by atoms with van der Waals surface area (Å²) >= 11 is -1.36. The Labute approximate surface area is 157 Å². The van der Waals surface area contributed by atoms with Crippen molar-refractivity contribution < 1.29 is 4.55 Å². The number of rotatable bonds is 4. The van der Waals surface area contributed by atoms with E-state index in [0.717, 1.165) is 46.6 Å². The van der Waals surface area contributed by atoms with E-state index in [1.807, 2.05) is 43.3 Å². The molecular formula is C21H23N3OS. The molecule has 134 valence electrons. The van der Waals surface area contributed by atoms with Gasteiger partial charge in [0.15, 0.2) is 4.90 Å². The summed E-state index contributed by atoms with van der Waals surface area (Å²) in [5, 5.41) is 0.510. The minimum absolute atomic E-state index is 0.400. The van der Waals surface area contributed by atoms with Gasteiger partial charge in [0.25, 0.3) is 0 Å². The van der Waals surface area contributed by atoms with Crippen LogP contribution in [0.4, 0.5) is 5.69 Å². The molecule has 2 aromatic carbocycles. The van der Waals surface area contributed by atoms with Gasteiger partial charge in [0.1, 0.15) is 0 Å². The quantitative estimate of drug-likeness (QED) is 0.552. The number of benzene rings is 2. The highest BCUT2D eigenvalue weighted by atomic mass is 32.2. The molecule has 26 heavy (non-hydrogen) atoms. The maximum atomic E-state index is 13.4. The molecule has 4 nitrogen and oxygen atoms in total. The van der Waals surface area contributed by atoms with Crippen LogP contribution in [0.5, 0.6) is 0 Å². The number of hydrogen-bond donors (Lipinski definition) is 1. The molecule has 0 fully saturated rings. The highest BCUT2D eigenvalue weighted by Crippen LogP contribution is 2.38. The van der Waals surface area contributed by atoms with Crippen LogP contribution in [0, 0.1) is 6.92 Å². The van der Waals surface area contributed by atoms with Gasteiger partial charge in [-0.2, -0.15) is 4.98 Å². The van der Waals surface area contributed by atoms with Gasteiger partial charge < -0.3 is 9.45 Å². The van der Waals surface area contributed by atoms with Gasteiger partial charge in [-0.1, -0.05) is 24.3 Å². The summed E-state index contributed by atoms with van der Waals surface area (Å²) in [7, 11) is 0. The number of imidazole rings is 1. The van der Waals surface area contributed by atoms with Gasteiger partial charge in [-0.25, -0.2) is 0 Å². The lowest BCUT2D eigenvalue weighted by Crippen LogP contribution is -2.38. The molecule has 5 heteroatoms. The molecule has 2 unspecified atom stereocenters. The highest BCUT2D eigenvalue weighted by molar-refractivity contribution is 7.91. The van der Waals surface area contributed by atoms with E-state index in [1.54, 1.807) is 0 Å². The maximum absolute atomic E-state index is 13.4. The van der Waals surface area contributed by atoms with Crippen molar-refractivity contribution in [1.29, 1.82) is 0 Å². The number of H-pyrrole nitrogens is 1. The molecule has 0 spiro atoms. The molecule has 0 saturated carbocycles. The minimum Gasteiger partial charge on any atom is -0.604 e. The molecule has 0 amide bonds. The smallest absolute Gasteiger partial charge is 0.327 e. The Morgan fingerprint density at radius 1 is 1.38 bits per heavy atom. The van der Waals surface area contributed by atoms with Crippen LogP contribution in [0.25, 0.3) is 11.0 Å². The number of nitrogens with zero attached hydrogens (tertiary/aromatic N) is 2. The average Bonchev–Trinajstić information content (AvgIpc) is 3.06. The summed E-state index contributed by atoms with van der Waals surface area (Å²) in [5.74, 6) is 0. The lowest BCUT2D eigenvalue weighted by atomic mass is 9.96. The number of nitrogens with one attached hydrogen (secondary N) is 1. The number of aromatic nitrogens is 2. The normalized spacial score (nSPS) is 18.0. The Morgan fingerprint density at radius 2 is 2.23 bits per heavy atom. The van der Waals surface area contributed by atoms with Crippen LogP contribution < -0.4 is 4.90 Å². The van der Waals surface area contributed by atoms with Crippen molar-refractivity contribution in [1.82, 2.24) is 9.97 Å². The number of fused-ring (bicyclic) bond motifs is 2. The van der Waals surface area contributed by atoms with Crippen LogP contribution >= 0.6 is 0 Å². The van der Waals surface area contributed by atoms with E-state index in [4.69, 9.17) is 0 Å².